The van der Waals surface area contributed by atoms with Crippen molar-refractivity contribution < 1.29 is 19.2 Å². The van der Waals surface area contributed by atoms with Gasteiger partial charge in [-0.1, -0.05) is 13.3 Å². The van der Waals surface area contributed by atoms with Gasteiger partial charge in [-0.15, -0.1) is 0 Å². The third kappa shape index (κ3) is 4.34. The van der Waals surface area contributed by atoms with E-state index in [0.29, 0.717) is 18.9 Å². The number of methoxy groups -OCH3 is 1. The molecule has 0 bridgehead atoms. The van der Waals surface area contributed by atoms with Crippen molar-refractivity contribution in [2.75, 3.05) is 20.3 Å². The molecule has 7 nitrogen and oxygen atoms in total. The highest BCUT2D eigenvalue weighted by atomic mass is 16.6. The van der Waals surface area contributed by atoms with Crippen LogP contribution in [-0.4, -0.2) is 31.1 Å². The van der Waals surface area contributed by atoms with Crippen LogP contribution in [0.3, 0.4) is 0 Å². The molecule has 1 aromatic rings. The first-order valence-electron chi connectivity index (χ1n) is 6.82. The zero-order valence-electron chi connectivity index (χ0n) is 12.5. The molecule has 0 unspecified atom stereocenters. The van der Waals surface area contributed by atoms with E-state index < -0.39 is 10.8 Å². The second kappa shape index (κ2) is 8.08. The van der Waals surface area contributed by atoms with E-state index in [1.54, 1.807) is 6.92 Å². The number of hydrogen-bond acceptors (Lipinski definition) is 5. The summed E-state index contributed by atoms with van der Waals surface area (Å²) in [5, 5.41) is 13.8. The van der Waals surface area contributed by atoms with E-state index in [9.17, 15) is 14.9 Å². The molecule has 0 radical (unpaired) electrons. The molecule has 0 spiro atoms. The molecule has 1 N–H and O–H groups in total. The molecule has 0 fully saturated rings. The number of hydrogen-bond donors (Lipinski definition) is 1. The fourth-order valence-corrected chi connectivity index (χ4v) is 1.78. The zero-order valence-corrected chi connectivity index (χ0v) is 12.5. The van der Waals surface area contributed by atoms with Gasteiger partial charge in [-0.2, -0.15) is 0 Å². The number of nitro benzene ring substituents is 1. The molecule has 0 aliphatic heterocycles. The molecule has 0 saturated carbocycles. The van der Waals surface area contributed by atoms with E-state index in [1.165, 1.54) is 19.2 Å². The lowest BCUT2D eigenvalue weighted by molar-refractivity contribution is -0.385. The smallest absolute Gasteiger partial charge is 0.286 e. The maximum absolute atomic E-state index is 12.1. The molecule has 1 aromatic carbocycles. The van der Waals surface area contributed by atoms with Crippen molar-refractivity contribution >= 4 is 11.6 Å². The largest absolute Gasteiger partial charge is 0.493 e. The van der Waals surface area contributed by atoms with Crippen LogP contribution in [0.15, 0.2) is 12.1 Å². The number of rotatable bonds is 8. The average Bonchev–Trinajstić information content (AvgIpc) is 2.47. The van der Waals surface area contributed by atoms with Crippen LogP contribution in [0.2, 0.25) is 0 Å². The second-order valence-electron chi connectivity index (χ2n) is 4.32. The van der Waals surface area contributed by atoms with Gasteiger partial charge in [-0.3, -0.25) is 14.9 Å². The topological polar surface area (TPSA) is 90.7 Å². The lowest BCUT2D eigenvalue weighted by atomic mass is 10.1. The summed E-state index contributed by atoms with van der Waals surface area (Å²) >= 11 is 0. The third-order valence-corrected chi connectivity index (χ3v) is 2.84. The molecule has 0 heterocycles. The summed E-state index contributed by atoms with van der Waals surface area (Å²) in [6, 6.07) is 2.56. The molecule has 7 heteroatoms. The van der Waals surface area contributed by atoms with Gasteiger partial charge in [0.15, 0.2) is 11.5 Å². The van der Waals surface area contributed by atoms with Crippen molar-refractivity contribution in [3.63, 3.8) is 0 Å². The first-order chi connectivity index (χ1) is 10.0. The van der Waals surface area contributed by atoms with Crippen LogP contribution in [-0.2, 0) is 0 Å². The maximum atomic E-state index is 12.1. The van der Waals surface area contributed by atoms with Gasteiger partial charge in [0.05, 0.1) is 24.7 Å². The Balaban J connectivity index is 3.17. The normalized spacial score (nSPS) is 10.0. The number of benzene rings is 1. The summed E-state index contributed by atoms with van der Waals surface area (Å²) < 4.78 is 10.4. The summed E-state index contributed by atoms with van der Waals surface area (Å²) in [5.74, 6) is 0.0543. The number of carbonyl (C=O) groups is 1. The Morgan fingerprint density at radius 1 is 1.33 bits per heavy atom. The predicted octanol–water partition coefficient (Wildman–Crippen LogP) is 2.53. The maximum Gasteiger partial charge on any atom is 0.286 e. The van der Waals surface area contributed by atoms with Crippen molar-refractivity contribution in [1.82, 2.24) is 5.32 Å². The van der Waals surface area contributed by atoms with Gasteiger partial charge in [0.1, 0.15) is 5.56 Å². The minimum absolute atomic E-state index is 0.0275. The van der Waals surface area contributed by atoms with Crippen LogP contribution in [0, 0.1) is 10.1 Å². The first kappa shape index (κ1) is 16.7. The summed E-state index contributed by atoms with van der Waals surface area (Å²) in [5.41, 5.74) is -0.329. The Morgan fingerprint density at radius 3 is 2.57 bits per heavy atom. The van der Waals surface area contributed by atoms with Gasteiger partial charge in [-0.25, -0.2) is 0 Å². The number of amides is 1. The molecule has 116 valence electrons. The van der Waals surface area contributed by atoms with Gasteiger partial charge >= 0.3 is 0 Å². The third-order valence-electron chi connectivity index (χ3n) is 2.84. The van der Waals surface area contributed by atoms with Crippen LogP contribution >= 0.6 is 0 Å². The van der Waals surface area contributed by atoms with Crippen molar-refractivity contribution in [3.8, 4) is 11.5 Å². The Bertz CT molecular complexity index is 516. The number of nitrogens with zero attached hydrogens (tertiary/aromatic N) is 1. The highest BCUT2D eigenvalue weighted by Gasteiger charge is 2.24. The monoisotopic (exact) mass is 296 g/mol. The summed E-state index contributed by atoms with van der Waals surface area (Å²) in [7, 11) is 1.39. The zero-order chi connectivity index (χ0) is 15.8. The molecule has 0 aliphatic carbocycles. The predicted molar refractivity (Wildman–Crippen MR) is 78.1 cm³/mol. The Hall–Kier alpha value is -2.31. The first-order valence-corrected chi connectivity index (χ1v) is 6.82. The Kier molecular flexibility index (Phi) is 6.45. The minimum Gasteiger partial charge on any atom is -0.493 e. The summed E-state index contributed by atoms with van der Waals surface area (Å²) in [6.07, 6.45) is 1.74. The molecular formula is C14H20N2O5. The molecule has 0 saturated heterocycles. The highest BCUT2D eigenvalue weighted by Crippen LogP contribution is 2.34. The van der Waals surface area contributed by atoms with E-state index in [1.807, 2.05) is 6.92 Å². The molecule has 21 heavy (non-hydrogen) atoms. The molecule has 1 amide bonds. The van der Waals surface area contributed by atoms with Crippen LogP contribution in [0.5, 0.6) is 11.5 Å². The van der Waals surface area contributed by atoms with Crippen LogP contribution in [0.1, 0.15) is 37.0 Å². The van der Waals surface area contributed by atoms with E-state index in [2.05, 4.69) is 5.32 Å². The van der Waals surface area contributed by atoms with Gasteiger partial charge in [0, 0.05) is 12.6 Å². The number of nitro groups is 1. The molecule has 0 aromatic heterocycles. The van der Waals surface area contributed by atoms with Crippen LogP contribution < -0.4 is 14.8 Å². The van der Waals surface area contributed by atoms with E-state index >= 15 is 0 Å². The summed E-state index contributed by atoms with van der Waals surface area (Å²) in [6.45, 7) is 4.62. The molecule has 1 rings (SSSR count). The number of ether oxygens (including phenoxy) is 2. The summed E-state index contributed by atoms with van der Waals surface area (Å²) in [4.78, 5) is 22.6. The highest BCUT2D eigenvalue weighted by molar-refractivity contribution is 5.99. The fourth-order valence-electron chi connectivity index (χ4n) is 1.78. The molecule has 0 atom stereocenters. The number of unbranched alkanes of at least 4 members (excludes halogenated alkanes) is 1. The molecule has 0 aliphatic rings. The number of carbonyl (C=O) groups excluding carboxylic acids is 1. The lowest BCUT2D eigenvalue weighted by Crippen LogP contribution is -2.25. The van der Waals surface area contributed by atoms with Crippen LogP contribution in [0.25, 0.3) is 0 Å². The molecular weight excluding hydrogens is 276 g/mol. The van der Waals surface area contributed by atoms with Crippen molar-refractivity contribution in [2.24, 2.45) is 0 Å². The van der Waals surface area contributed by atoms with Gasteiger partial charge in [0.25, 0.3) is 11.6 Å². The van der Waals surface area contributed by atoms with Crippen molar-refractivity contribution in [3.05, 3.63) is 27.8 Å². The average molecular weight is 296 g/mol. The quantitative estimate of drug-likeness (QED) is 0.452. The fraction of sp³-hybridized carbons (Fsp3) is 0.500. The Morgan fingerprint density at radius 2 is 2.05 bits per heavy atom. The minimum atomic E-state index is -0.604. The van der Waals surface area contributed by atoms with Crippen molar-refractivity contribution in [1.29, 1.82) is 0 Å². The standard InChI is InChI=1S/C14H20N2O5/c1-4-6-7-15-14(17)10-8-13(21-5-2)12(20-3)9-11(10)16(18)19/h8-9H,4-7H2,1-3H3,(H,15,17). The number of nitrogens with one attached hydrogen (secondary N) is 1. The SMILES string of the molecule is CCCCNC(=O)c1cc(OCC)c(OC)cc1[N+](=O)[O-]. The lowest BCUT2D eigenvalue weighted by Gasteiger charge is -2.12. The van der Waals surface area contributed by atoms with Gasteiger partial charge < -0.3 is 14.8 Å². The van der Waals surface area contributed by atoms with Crippen molar-refractivity contribution in [2.45, 2.75) is 26.7 Å². The van der Waals surface area contributed by atoms with Gasteiger partial charge in [-0.05, 0) is 13.3 Å². The van der Waals surface area contributed by atoms with E-state index in [4.69, 9.17) is 9.47 Å². The Labute approximate surface area is 123 Å². The van der Waals surface area contributed by atoms with Gasteiger partial charge in [0.2, 0.25) is 0 Å². The second-order valence-corrected chi connectivity index (χ2v) is 4.32. The van der Waals surface area contributed by atoms with E-state index in [0.717, 1.165) is 12.8 Å². The van der Waals surface area contributed by atoms with Crippen LogP contribution in [0.4, 0.5) is 5.69 Å². The van der Waals surface area contributed by atoms with E-state index in [-0.39, 0.29) is 17.0 Å².